The summed E-state index contributed by atoms with van der Waals surface area (Å²) in [6, 6.07) is 9.34. The number of hydrogen-bond acceptors (Lipinski definition) is 7. The van der Waals surface area contributed by atoms with E-state index in [1.54, 1.807) is 44.3 Å². The summed E-state index contributed by atoms with van der Waals surface area (Å²) in [5.41, 5.74) is 4.83. The van der Waals surface area contributed by atoms with Gasteiger partial charge in [0, 0.05) is 24.5 Å². The van der Waals surface area contributed by atoms with E-state index in [9.17, 15) is 14.9 Å². The van der Waals surface area contributed by atoms with Gasteiger partial charge in [-0.2, -0.15) is 5.10 Å². The van der Waals surface area contributed by atoms with Gasteiger partial charge in [0.15, 0.2) is 0 Å². The van der Waals surface area contributed by atoms with E-state index >= 15 is 0 Å². The first-order valence-corrected chi connectivity index (χ1v) is 7.89. The summed E-state index contributed by atoms with van der Waals surface area (Å²) < 4.78 is 1.48. The Morgan fingerprint density at radius 2 is 2.11 bits per heavy atom. The third-order valence-corrected chi connectivity index (χ3v) is 3.77. The summed E-state index contributed by atoms with van der Waals surface area (Å²) in [5, 5.41) is 23.1. The predicted octanol–water partition coefficient (Wildman–Crippen LogP) is 2.03. The van der Waals surface area contributed by atoms with Crippen LogP contribution in [0.4, 0.5) is 5.69 Å². The van der Waals surface area contributed by atoms with E-state index in [0.717, 1.165) is 0 Å². The van der Waals surface area contributed by atoms with E-state index in [1.807, 2.05) is 0 Å². The van der Waals surface area contributed by atoms with E-state index < -0.39 is 10.8 Å². The van der Waals surface area contributed by atoms with Crippen molar-refractivity contribution in [2.24, 2.45) is 5.10 Å². The highest BCUT2D eigenvalue weighted by molar-refractivity contribution is 6.00. The second-order valence-electron chi connectivity index (χ2n) is 5.59. The molecule has 0 saturated heterocycles. The SMILES string of the molecule is CC(=NNC(=O)c1cccnc1)c1nnn(-c2cccc([N+](=O)[O-])c2)c1C. The van der Waals surface area contributed by atoms with Crippen LogP contribution < -0.4 is 5.43 Å². The number of aromatic nitrogens is 4. The highest BCUT2D eigenvalue weighted by atomic mass is 16.6. The monoisotopic (exact) mass is 365 g/mol. The van der Waals surface area contributed by atoms with Gasteiger partial charge in [-0.05, 0) is 32.0 Å². The number of hydrazone groups is 1. The van der Waals surface area contributed by atoms with Crippen molar-refractivity contribution in [3.05, 3.63) is 75.9 Å². The number of carbonyl (C=O) groups is 1. The molecular weight excluding hydrogens is 350 g/mol. The lowest BCUT2D eigenvalue weighted by atomic mass is 10.2. The standard InChI is InChI=1S/C17H15N7O3/c1-11(19-21-17(25)13-5-4-8-18-10-13)16-12(2)23(22-20-16)14-6-3-7-15(9-14)24(26)27/h3-10H,1-2H3,(H,21,25). The summed E-state index contributed by atoms with van der Waals surface area (Å²) in [6.45, 7) is 3.44. The molecule has 1 N–H and O–H groups in total. The molecule has 0 radical (unpaired) electrons. The van der Waals surface area contributed by atoms with Crippen molar-refractivity contribution in [1.82, 2.24) is 25.4 Å². The topological polar surface area (TPSA) is 128 Å². The van der Waals surface area contributed by atoms with E-state index in [4.69, 9.17) is 0 Å². The highest BCUT2D eigenvalue weighted by Gasteiger charge is 2.15. The molecule has 2 heterocycles. The third-order valence-electron chi connectivity index (χ3n) is 3.77. The van der Waals surface area contributed by atoms with E-state index in [-0.39, 0.29) is 5.69 Å². The summed E-state index contributed by atoms with van der Waals surface area (Å²) >= 11 is 0. The van der Waals surface area contributed by atoms with Crippen LogP contribution in [0.1, 0.15) is 28.7 Å². The summed E-state index contributed by atoms with van der Waals surface area (Å²) in [4.78, 5) is 26.4. The van der Waals surface area contributed by atoms with Crippen molar-refractivity contribution in [3.8, 4) is 5.69 Å². The van der Waals surface area contributed by atoms with Crippen LogP contribution >= 0.6 is 0 Å². The van der Waals surface area contributed by atoms with E-state index in [2.05, 4.69) is 25.8 Å². The Kier molecular flexibility index (Phi) is 4.97. The molecule has 0 aliphatic heterocycles. The van der Waals surface area contributed by atoms with Crippen LogP contribution in [0.2, 0.25) is 0 Å². The molecule has 0 bridgehead atoms. The van der Waals surface area contributed by atoms with Crippen LogP contribution in [0.3, 0.4) is 0 Å². The Morgan fingerprint density at radius 1 is 1.30 bits per heavy atom. The van der Waals surface area contributed by atoms with Gasteiger partial charge >= 0.3 is 0 Å². The predicted molar refractivity (Wildman–Crippen MR) is 96.7 cm³/mol. The molecule has 136 valence electrons. The molecule has 10 heteroatoms. The number of non-ortho nitro benzene ring substituents is 1. The number of nitrogens with zero attached hydrogens (tertiary/aromatic N) is 6. The number of benzene rings is 1. The van der Waals surface area contributed by atoms with Gasteiger partial charge in [-0.15, -0.1) is 5.10 Å². The Labute approximate surface area is 153 Å². The van der Waals surface area contributed by atoms with E-state index in [1.165, 1.54) is 23.0 Å². The van der Waals surface area contributed by atoms with Gasteiger partial charge in [0.2, 0.25) is 0 Å². The minimum absolute atomic E-state index is 0.0435. The Balaban J connectivity index is 1.83. The normalized spacial score (nSPS) is 11.3. The van der Waals surface area contributed by atoms with Gasteiger partial charge in [0.25, 0.3) is 11.6 Å². The first-order valence-electron chi connectivity index (χ1n) is 7.89. The molecule has 1 aromatic carbocycles. The molecule has 0 saturated carbocycles. The minimum atomic E-state index is -0.475. The molecule has 0 aliphatic rings. The lowest BCUT2D eigenvalue weighted by Gasteiger charge is -2.04. The van der Waals surface area contributed by atoms with Crippen molar-refractivity contribution < 1.29 is 9.72 Å². The molecule has 0 aliphatic carbocycles. The van der Waals surface area contributed by atoms with Gasteiger partial charge in [-0.25, -0.2) is 10.1 Å². The Morgan fingerprint density at radius 3 is 2.81 bits per heavy atom. The number of hydrogen-bond donors (Lipinski definition) is 1. The fraction of sp³-hybridized carbons (Fsp3) is 0.118. The number of amides is 1. The largest absolute Gasteiger partial charge is 0.272 e. The van der Waals surface area contributed by atoms with Crippen molar-refractivity contribution >= 4 is 17.3 Å². The van der Waals surface area contributed by atoms with Crippen molar-refractivity contribution in [2.75, 3.05) is 0 Å². The first-order chi connectivity index (χ1) is 13.0. The molecule has 3 aromatic rings. The zero-order chi connectivity index (χ0) is 19.4. The minimum Gasteiger partial charge on any atom is -0.267 e. The molecule has 10 nitrogen and oxygen atoms in total. The fourth-order valence-electron chi connectivity index (χ4n) is 2.40. The first kappa shape index (κ1) is 17.9. The number of rotatable bonds is 5. The molecule has 1 amide bonds. The third kappa shape index (κ3) is 3.84. The van der Waals surface area contributed by atoms with Crippen molar-refractivity contribution in [3.63, 3.8) is 0 Å². The second kappa shape index (κ2) is 7.52. The molecule has 27 heavy (non-hydrogen) atoms. The molecule has 0 unspecified atom stereocenters. The van der Waals surface area contributed by atoms with Crippen LogP contribution in [0.5, 0.6) is 0 Å². The maximum Gasteiger partial charge on any atom is 0.272 e. The van der Waals surface area contributed by atoms with Crippen molar-refractivity contribution in [2.45, 2.75) is 13.8 Å². The number of nitrogens with one attached hydrogen (secondary N) is 1. The molecule has 0 spiro atoms. The van der Waals surface area contributed by atoms with Crippen LogP contribution in [-0.4, -0.2) is 36.5 Å². The zero-order valence-corrected chi connectivity index (χ0v) is 14.5. The van der Waals surface area contributed by atoms with Crippen LogP contribution in [0.15, 0.2) is 53.9 Å². The maximum absolute atomic E-state index is 12.0. The van der Waals surface area contributed by atoms with Gasteiger partial charge in [0.05, 0.1) is 27.6 Å². The second-order valence-corrected chi connectivity index (χ2v) is 5.59. The average Bonchev–Trinajstić information content (AvgIpc) is 3.08. The summed E-state index contributed by atoms with van der Waals surface area (Å²) in [5.74, 6) is -0.397. The number of carbonyl (C=O) groups excluding carboxylic acids is 1. The van der Waals surface area contributed by atoms with Crippen molar-refractivity contribution in [1.29, 1.82) is 0 Å². The van der Waals surface area contributed by atoms with Gasteiger partial charge in [0.1, 0.15) is 5.69 Å². The van der Waals surface area contributed by atoms with Gasteiger partial charge in [-0.3, -0.25) is 19.9 Å². The molecule has 2 aromatic heterocycles. The number of pyridine rings is 1. The van der Waals surface area contributed by atoms with Crippen LogP contribution in [0, 0.1) is 17.0 Å². The van der Waals surface area contributed by atoms with E-state index in [0.29, 0.717) is 28.4 Å². The zero-order valence-electron chi connectivity index (χ0n) is 14.5. The highest BCUT2D eigenvalue weighted by Crippen LogP contribution is 2.18. The van der Waals surface area contributed by atoms with Gasteiger partial charge in [-0.1, -0.05) is 11.3 Å². The Bertz CT molecular complexity index is 1030. The smallest absolute Gasteiger partial charge is 0.267 e. The number of nitro groups is 1. The van der Waals surface area contributed by atoms with Crippen LogP contribution in [0.25, 0.3) is 5.69 Å². The fourth-order valence-corrected chi connectivity index (χ4v) is 2.40. The molecule has 0 fully saturated rings. The molecular formula is C17H15N7O3. The summed E-state index contributed by atoms with van der Waals surface area (Å²) in [6.07, 6.45) is 3.00. The lowest BCUT2D eigenvalue weighted by Crippen LogP contribution is -2.19. The lowest BCUT2D eigenvalue weighted by molar-refractivity contribution is -0.384. The maximum atomic E-state index is 12.0. The van der Waals surface area contributed by atoms with Crippen LogP contribution in [-0.2, 0) is 0 Å². The van der Waals surface area contributed by atoms with Gasteiger partial charge < -0.3 is 0 Å². The average molecular weight is 365 g/mol. The quantitative estimate of drug-likeness (QED) is 0.418. The summed E-state index contributed by atoms with van der Waals surface area (Å²) in [7, 11) is 0. The number of nitro benzene ring substituents is 1. The molecule has 0 atom stereocenters. The molecule has 3 rings (SSSR count). The Hall–Kier alpha value is -3.95.